The summed E-state index contributed by atoms with van der Waals surface area (Å²) in [5.74, 6) is 1.11. The summed E-state index contributed by atoms with van der Waals surface area (Å²) < 4.78 is 5.51. The third kappa shape index (κ3) is 3.17. The zero-order chi connectivity index (χ0) is 13.7. The Labute approximate surface area is 111 Å². The Balaban J connectivity index is 2.10. The lowest BCUT2D eigenvalue weighted by molar-refractivity contribution is 0.0988. The Morgan fingerprint density at radius 1 is 1.26 bits per heavy atom. The van der Waals surface area contributed by atoms with E-state index in [2.05, 4.69) is 4.98 Å². The van der Waals surface area contributed by atoms with E-state index in [0.29, 0.717) is 29.2 Å². The molecule has 1 heterocycles. The lowest BCUT2D eigenvalue weighted by Crippen LogP contribution is -1.96. The monoisotopic (exact) mass is 252 g/mol. The highest BCUT2D eigenvalue weighted by atomic mass is 16.5. The minimum atomic E-state index is 0.100. The number of nitriles is 1. The second-order valence-corrected chi connectivity index (χ2v) is 3.90. The SMILES string of the molecule is CCC(=O)c1ccc(Oc2ccc(C#N)cn2)cc1. The van der Waals surface area contributed by atoms with E-state index in [1.54, 1.807) is 36.4 Å². The van der Waals surface area contributed by atoms with Crippen molar-refractivity contribution < 1.29 is 9.53 Å². The van der Waals surface area contributed by atoms with Crippen LogP contribution in [0.3, 0.4) is 0 Å². The van der Waals surface area contributed by atoms with Gasteiger partial charge in [-0.1, -0.05) is 6.92 Å². The predicted molar refractivity (Wildman–Crippen MR) is 70.1 cm³/mol. The third-order valence-electron chi connectivity index (χ3n) is 2.59. The Morgan fingerprint density at radius 3 is 2.53 bits per heavy atom. The first-order valence-corrected chi connectivity index (χ1v) is 5.90. The van der Waals surface area contributed by atoms with Crippen LogP contribution in [0.2, 0.25) is 0 Å². The maximum absolute atomic E-state index is 11.5. The van der Waals surface area contributed by atoms with Crippen LogP contribution >= 0.6 is 0 Å². The highest BCUT2D eigenvalue weighted by Crippen LogP contribution is 2.20. The highest BCUT2D eigenvalue weighted by Gasteiger charge is 2.04. The molecule has 2 rings (SSSR count). The van der Waals surface area contributed by atoms with Crippen molar-refractivity contribution >= 4 is 5.78 Å². The molecule has 0 radical (unpaired) electrons. The molecule has 0 aliphatic rings. The van der Waals surface area contributed by atoms with Crippen LogP contribution in [0.15, 0.2) is 42.6 Å². The minimum absolute atomic E-state index is 0.100. The summed E-state index contributed by atoms with van der Waals surface area (Å²) in [5, 5.41) is 8.66. The second-order valence-electron chi connectivity index (χ2n) is 3.90. The van der Waals surface area contributed by atoms with Crippen LogP contribution in [-0.4, -0.2) is 10.8 Å². The van der Waals surface area contributed by atoms with E-state index in [1.165, 1.54) is 6.20 Å². The largest absolute Gasteiger partial charge is 0.439 e. The van der Waals surface area contributed by atoms with Crippen molar-refractivity contribution in [1.82, 2.24) is 4.98 Å². The molecule has 0 amide bonds. The van der Waals surface area contributed by atoms with Crippen LogP contribution in [0.5, 0.6) is 11.6 Å². The molecule has 0 saturated carbocycles. The number of ether oxygens (including phenoxy) is 1. The number of carbonyl (C=O) groups is 1. The van der Waals surface area contributed by atoms with E-state index in [4.69, 9.17) is 10.00 Å². The Morgan fingerprint density at radius 2 is 2.00 bits per heavy atom. The van der Waals surface area contributed by atoms with E-state index < -0.39 is 0 Å². The van der Waals surface area contributed by atoms with Gasteiger partial charge in [0, 0.05) is 24.2 Å². The number of benzene rings is 1. The van der Waals surface area contributed by atoms with Crippen molar-refractivity contribution in [3.05, 3.63) is 53.7 Å². The van der Waals surface area contributed by atoms with Crippen LogP contribution in [0.4, 0.5) is 0 Å². The average Bonchev–Trinajstić information content (AvgIpc) is 2.48. The zero-order valence-electron chi connectivity index (χ0n) is 10.5. The molecule has 0 fully saturated rings. The summed E-state index contributed by atoms with van der Waals surface area (Å²) in [7, 11) is 0. The molecule has 0 bridgehead atoms. The Kier molecular flexibility index (Phi) is 3.89. The van der Waals surface area contributed by atoms with Gasteiger partial charge in [-0.15, -0.1) is 0 Å². The standard InChI is InChI=1S/C15H12N2O2/c1-2-14(18)12-4-6-13(7-5-12)19-15-8-3-11(9-16)10-17-15/h3-8,10H,2H2,1H3. The molecule has 0 unspecified atom stereocenters. The maximum atomic E-state index is 11.5. The second kappa shape index (κ2) is 5.78. The minimum Gasteiger partial charge on any atom is -0.439 e. The van der Waals surface area contributed by atoms with Crippen molar-refractivity contribution in [1.29, 1.82) is 5.26 Å². The number of carbonyl (C=O) groups excluding carboxylic acids is 1. The van der Waals surface area contributed by atoms with E-state index in [-0.39, 0.29) is 5.78 Å². The Hall–Kier alpha value is -2.67. The summed E-state index contributed by atoms with van der Waals surface area (Å²) in [5.41, 5.74) is 1.15. The Bertz CT molecular complexity index is 610. The molecule has 94 valence electrons. The molecule has 0 spiro atoms. The van der Waals surface area contributed by atoms with Gasteiger partial charge in [0.25, 0.3) is 0 Å². The van der Waals surface area contributed by atoms with Crippen LogP contribution in [-0.2, 0) is 0 Å². The molecular formula is C15H12N2O2. The molecule has 19 heavy (non-hydrogen) atoms. The quantitative estimate of drug-likeness (QED) is 0.783. The first kappa shape index (κ1) is 12.8. The van der Waals surface area contributed by atoms with E-state index >= 15 is 0 Å². The molecular weight excluding hydrogens is 240 g/mol. The summed E-state index contributed by atoms with van der Waals surface area (Å²) >= 11 is 0. The van der Waals surface area contributed by atoms with Crippen LogP contribution in [0.1, 0.15) is 29.3 Å². The van der Waals surface area contributed by atoms with Gasteiger partial charge in [-0.2, -0.15) is 5.26 Å². The molecule has 4 heteroatoms. The van der Waals surface area contributed by atoms with Gasteiger partial charge < -0.3 is 4.74 Å². The van der Waals surface area contributed by atoms with Crippen molar-refractivity contribution in [2.75, 3.05) is 0 Å². The van der Waals surface area contributed by atoms with Gasteiger partial charge in [0.1, 0.15) is 11.8 Å². The topological polar surface area (TPSA) is 63.0 Å². The number of aromatic nitrogens is 1. The van der Waals surface area contributed by atoms with E-state index in [1.807, 2.05) is 13.0 Å². The van der Waals surface area contributed by atoms with E-state index in [0.717, 1.165) is 0 Å². The fraction of sp³-hybridized carbons (Fsp3) is 0.133. The molecule has 0 aliphatic carbocycles. The molecule has 0 N–H and O–H groups in total. The zero-order valence-corrected chi connectivity index (χ0v) is 10.5. The number of hydrogen-bond donors (Lipinski definition) is 0. The summed E-state index contributed by atoms with van der Waals surface area (Å²) in [6.45, 7) is 1.83. The number of pyridine rings is 1. The first-order chi connectivity index (χ1) is 9.22. The van der Waals surface area contributed by atoms with Gasteiger partial charge in [-0.05, 0) is 30.3 Å². The summed E-state index contributed by atoms with van der Waals surface area (Å²) in [6, 6.07) is 12.2. The number of hydrogen-bond acceptors (Lipinski definition) is 4. The maximum Gasteiger partial charge on any atom is 0.219 e. The lowest BCUT2D eigenvalue weighted by Gasteiger charge is -2.05. The number of ketones is 1. The molecule has 4 nitrogen and oxygen atoms in total. The van der Waals surface area contributed by atoms with Crippen molar-refractivity contribution in [3.63, 3.8) is 0 Å². The van der Waals surface area contributed by atoms with Gasteiger partial charge in [-0.25, -0.2) is 4.98 Å². The number of rotatable bonds is 4. The van der Waals surface area contributed by atoms with Gasteiger partial charge in [-0.3, -0.25) is 4.79 Å². The first-order valence-electron chi connectivity index (χ1n) is 5.90. The van der Waals surface area contributed by atoms with Crippen LogP contribution < -0.4 is 4.74 Å². The van der Waals surface area contributed by atoms with E-state index in [9.17, 15) is 4.79 Å². The number of nitrogens with zero attached hydrogens (tertiary/aromatic N) is 2. The van der Waals surface area contributed by atoms with Gasteiger partial charge in [0.05, 0.1) is 5.56 Å². The van der Waals surface area contributed by atoms with Crippen molar-refractivity contribution in [3.8, 4) is 17.7 Å². The molecule has 1 aromatic heterocycles. The lowest BCUT2D eigenvalue weighted by atomic mass is 10.1. The predicted octanol–water partition coefficient (Wildman–Crippen LogP) is 3.34. The fourth-order valence-electron chi connectivity index (χ4n) is 1.54. The molecule has 0 atom stereocenters. The van der Waals surface area contributed by atoms with Gasteiger partial charge in [0.2, 0.25) is 5.88 Å². The summed E-state index contributed by atoms with van der Waals surface area (Å²) in [4.78, 5) is 15.5. The third-order valence-corrected chi connectivity index (χ3v) is 2.59. The smallest absolute Gasteiger partial charge is 0.219 e. The molecule has 0 saturated heterocycles. The fourth-order valence-corrected chi connectivity index (χ4v) is 1.54. The van der Waals surface area contributed by atoms with Crippen LogP contribution in [0.25, 0.3) is 0 Å². The van der Waals surface area contributed by atoms with Gasteiger partial charge in [0.15, 0.2) is 5.78 Å². The molecule has 2 aromatic rings. The highest BCUT2D eigenvalue weighted by molar-refractivity contribution is 5.95. The van der Waals surface area contributed by atoms with Gasteiger partial charge >= 0.3 is 0 Å². The molecule has 1 aromatic carbocycles. The normalized spacial score (nSPS) is 9.68. The van der Waals surface area contributed by atoms with Crippen molar-refractivity contribution in [2.24, 2.45) is 0 Å². The molecule has 0 aliphatic heterocycles. The van der Waals surface area contributed by atoms with Crippen molar-refractivity contribution in [2.45, 2.75) is 13.3 Å². The average molecular weight is 252 g/mol. The summed E-state index contributed by atoms with van der Waals surface area (Å²) in [6.07, 6.45) is 1.93. The van der Waals surface area contributed by atoms with Crippen LogP contribution in [0, 0.1) is 11.3 Å². The number of Topliss-reactive ketones (excluding diaryl/α,β-unsaturated/α-hetero) is 1.